The summed E-state index contributed by atoms with van der Waals surface area (Å²) in [5.41, 5.74) is 1.46. The Bertz CT molecular complexity index is 534. The van der Waals surface area contributed by atoms with Crippen LogP contribution in [0.2, 0.25) is 0 Å². The topological polar surface area (TPSA) is 12.0 Å². The highest BCUT2D eigenvalue weighted by Crippen LogP contribution is 2.30. The van der Waals surface area contributed by atoms with E-state index in [-0.39, 0.29) is 0 Å². The van der Waals surface area contributed by atoms with E-state index in [1.807, 2.05) is 11.3 Å². The van der Waals surface area contributed by atoms with E-state index in [0.717, 1.165) is 17.8 Å². The van der Waals surface area contributed by atoms with Crippen LogP contribution < -0.4 is 5.32 Å². The van der Waals surface area contributed by atoms with Crippen LogP contribution in [0.4, 0.5) is 0 Å². The highest BCUT2D eigenvalue weighted by atomic mass is 32.2. The third kappa shape index (κ3) is 3.15. The summed E-state index contributed by atoms with van der Waals surface area (Å²) in [4.78, 5) is 0. The van der Waals surface area contributed by atoms with E-state index < -0.39 is 0 Å². The first-order valence-corrected chi connectivity index (χ1v) is 9.09. The van der Waals surface area contributed by atoms with Crippen LogP contribution in [0, 0.1) is 0 Å². The largest absolute Gasteiger partial charge is 0.310 e. The van der Waals surface area contributed by atoms with Gasteiger partial charge in [-0.05, 0) is 47.4 Å². The number of hydrogen-bond acceptors (Lipinski definition) is 3. The first-order chi connectivity index (χ1) is 9.36. The Labute approximate surface area is 123 Å². The quantitative estimate of drug-likeness (QED) is 0.859. The van der Waals surface area contributed by atoms with E-state index in [0.29, 0.717) is 0 Å². The summed E-state index contributed by atoms with van der Waals surface area (Å²) in [6.45, 7) is 3.29. The van der Waals surface area contributed by atoms with Gasteiger partial charge < -0.3 is 5.32 Å². The normalized spacial score (nSPS) is 23.2. The molecule has 2 atom stereocenters. The Morgan fingerprint density at radius 2 is 2.21 bits per heavy atom. The van der Waals surface area contributed by atoms with Crippen LogP contribution in [-0.2, 0) is 6.54 Å². The van der Waals surface area contributed by atoms with E-state index in [4.69, 9.17) is 0 Å². The average Bonchev–Trinajstić information content (AvgIpc) is 3.04. The summed E-state index contributed by atoms with van der Waals surface area (Å²) in [5.74, 6) is 1.26. The number of thioether (sulfide) groups is 1. The number of hydrogen-bond donors (Lipinski definition) is 1. The second-order valence-corrected chi connectivity index (χ2v) is 7.71. The molecule has 0 bridgehead atoms. The summed E-state index contributed by atoms with van der Waals surface area (Å²) in [5, 5.41) is 8.39. The van der Waals surface area contributed by atoms with Gasteiger partial charge in [0, 0.05) is 22.5 Å². The van der Waals surface area contributed by atoms with Gasteiger partial charge in [0.15, 0.2) is 0 Å². The standard InChI is InChI=1S/C16H21NS2/c1-2-18-14-8-7-13(9-14)17-10-12-11-19-16-6-4-3-5-15(12)16/h3-6,11,13-14,17H,2,7-10H2,1H3. The zero-order chi connectivity index (χ0) is 13.1. The van der Waals surface area contributed by atoms with Gasteiger partial charge in [0.25, 0.3) is 0 Å². The lowest BCUT2D eigenvalue weighted by molar-refractivity contribution is 0.527. The SMILES string of the molecule is CCSC1CCC(NCc2csc3ccccc23)C1. The van der Waals surface area contributed by atoms with E-state index in [1.54, 1.807) is 0 Å². The second kappa shape index (κ2) is 6.29. The van der Waals surface area contributed by atoms with Crippen LogP contribution in [0.1, 0.15) is 31.7 Å². The van der Waals surface area contributed by atoms with Crippen LogP contribution in [-0.4, -0.2) is 17.0 Å². The molecule has 1 aliphatic rings. The van der Waals surface area contributed by atoms with Gasteiger partial charge in [-0.15, -0.1) is 11.3 Å². The highest BCUT2D eigenvalue weighted by Gasteiger charge is 2.24. The summed E-state index contributed by atoms with van der Waals surface area (Å²) in [6, 6.07) is 9.45. The van der Waals surface area contributed by atoms with Gasteiger partial charge in [0.2, 0.25) is 0 Å². The average molecular weight is 291 g/mol. The summed E-state index contributed by atoms with van der Waals surface area (Å²) in [7, 11) is 0. The molecule has 0 aliphatic heterocycles. The molecule has 1 N–H and O–H groups in total. The van der Waals surface area contributed by atoms with Crippen LogP contribution in [0.3, 0.4) is 0 Å². The third-order valence-corrected chi connectivity index (χ3v) is 6.17. The minimum Gasteiger partial charge on any atom is -0.310 e. The molecule has 19 heavy (non-hydrogen) atoms. The molecule has 0 saturated heterocycles. The van der Waals surface area contributed by atoms with Crippen molar-refractivity contribution in [3.8, 4) is 0 Å². The molecule has 1 aromatic carbocycles. The number of thiophene rings is 1. The molecule has 102 valence electrons. The fourth-order valence-corrected chi connectivity index (χ4v) is 5.04. The first kappa shape index (κ1) is 13.5. The zero-order valence-electron chi connectivity index (χ0n) is 11.4. The lowest BCUT2D eigenvalue weighted by atomic mass is 10.1. The van der Waals surface area contributed by atoms with Gasteiger partial charge in [0.05, 0.1) is 0 Å². The molecule has 0 amide bonds. The zero-order valence-corrected chi connectivity index (χ0v) is 13.0. The van der Waals surface area contributed by atoms with Crippen LogP contribution in [0.5, 0.6) is 0 Å². The van der Waals surface area contributed by atoms with E-state index in [2.05, 4.69) is 53.6 Å². The van der Waals surface area contributed by atoms with E-state index >= 15 is 0 Å². The van der Waals surface area contributed by atoms with Gasteiger partial charge in [-0.3, -0.25) is 0 Å². The van der Waals surface area contributed by atoms with Crippen molar-refractivity contribution in [3.05, 3.63) is 35.2 Å². The Kier molecular flexibility index (Phi) is 4.46. The summed E-state index contributed by atoms with van der Waals surface area (Å²) < 4.78 is 1.41. The molecule has 1 nitrogen and oxygen atoms in total. The fourth-order valence-electron chi connectivity index (χ4n) is 2.94. The maximum absolute atomic E-state index is 3.76. The number of fused-ring (bicyclic) bond motifs is 1. The van der Waals surface area contributed by atoms with Crippen molar-refractivity contribution >= 4 is 33.2 Å². The van der Waals surface area contributed by atoms with Crippen molar-refractivity contribution in [2.45, 2.75) is 44.0 Å². The van der Waals surface area contributed by atoms with Gasteiger partial charge in [0.1, 0.15) is 0 Å². The van der Waals surface area contributed by atoms with Crippen LogP contribution in [0.25, 0.3) is 10.1 Å². The van der Waals surface area contributed by atoms with Crippen LogP contribution >= 0.6 is 23.1 Å². The Balaban J connectivity index is 1.58. The molecular formula is C16H21NS2. The van der Waals surface area contributed by atoms with Crippen molar-refractivity contribution in [3.63, 3.8) is 0 Å². The number of nitrogens with one attached hydrogen (secondary N) is 1. The van der Waals surface area contributed by atoms with E-state index in [9.17, 15) is 0 Å². The first-order valence-electron chi connectivity index (χ1n) is 7.17. The molecule has 2 aromatic rings. The number of rotatable bonds is 5. The molecule has 0 radical (unpaired) electrons. The molecule has 1 fully saturated rings. The van der Waals surface area contributed by atoms with Crippen LogP contribution in [0.15, 0.2) is 29.6 Å². The monoisotopic (exact) mass is 291 g/mol. The summed E-state index contributed by atoms with van der Waals surface area (Å²) >= 11 is 3.99. The predicted molar refractivity (Wildman–Crippen MR) is 88.2 cm³/mol. The molecule has 3 heteroatoms. The molecule has 1 aromatic heterocycles. The summed E-state index contributed by atoms with van der Waals surface area (Å²) in [6.07, 6.45) is 4.08. The Morgan fingerprint density at radius 1 is 1.32 bits per heavy atom. The lowest BCUT2D eigenvalue weighted by Crippen LogP contribution is -2.26. The maximum Gasteiger partial charge on any atom is 0.0346 e. The van der Waals surface area contributed by atoms with Crippen molar-refractivity contribution < 1.29 is 0 Å². The minimum absolute atomic E-state index is 0.725. The van der Waals surface area contributed by atoms with Gasteiger partial charge in [-0.25, -0.2) is 0 Å². The van der Waals surface area contributed by atoms with Gasteiger partial charge in [-0.2, -0.15) is 11.8 Å². The third-order valence-electron chi connectivity index (χ3n) is 3.93. The second-order valence-electron chi connectivity index (χ2n) is 5.23. The molecule has 0 spiro atoms. The van der Waals surface area contributed by atoms with Crippen molar-refractivity contribution in [1.29, 1.82) is 0 Å². The predicted octanol–water partition coefficient (Wildman–Crippen LogP) is 4.67. The van der Waals surface area contributed by atoms with Gasteiger partial charge in [-0.1, -0.05) is 25.1 Å². The Morgan fingerprint density at radius 3 is 3.11 bits per heavy atom. The lowest BCUT2D eigenvalue weighted by Gasteiger charge is -2.12. The van der Waals surface area contributed by atoms with Crippen molar-refractivity contribution in [1.82, 2.24) is 5.32 Å². The molecule has 1 aliphatic carbocycles. The smallest absolute Gasteiger partial charge is 0.0346 e. The molecule has 2 unspecified atom stereocenters. The Hall–Kier alpha value is -0.510. The van der Waals surface area contributed by atoms with Crippen molar-refractivity contribution in [2.75, 3.05) is 5.75 Å². The maximum atomic E-state index is 3.76. The van der Waals surface area contributed by atoms with Gasteiger partial charge >= 0.3 is 0 Å². The minimum atomic E-state index is 0.725. The molecule has 1 heterocycles. The molecule has 1 saturated carbocycles. The molecular weight excluding hydrogens is 270 g/mol. The highest BCUT2D eigenvalue weighted by molar-refractivity contribution is 7.99. The van der Waals surface area contributed by atoms with E-state index in [1.165, 1.54) is 40.7 Å². The fraction of sp³-hybridized carbons (Fsp3) is 0.500. The molecule has 3 rings (SSSR count). The number of benzene rings is 1. The van der Waals surface area contributed by atoms with Crippen molar-refractivity contribution in [2.24, 2.45) is 0 Å².